The molecule has 1 rings (SSSR count). The van der Waals surface area contributed by atoms with Crippen LogP contribution < -0.4 is 10.6 Å². The molecule has 70 valence electrons. The molecule has 1 aromatic heterocycles. The van der Waals surface area contributed by atoms with Gasteiger partial charge in [-0.2, -0.15) is 0 Å². The van der Waals surface area contributed by atoms with Crippen LogP contribution in [0.3, 0.4) is 0 Å². The van der Waals surface area contributed by atoms with E-state index >= 15 is 0 Å². The number of halogens is 1. The van der Waals surface area contributed by atoms with Crippen LogP contribution in [0.2, 0.25) is 0 Å². The van der Waals surface area contributed by atoms with Gasteiger partial charge in [0, 0.05) is 0 Å². The monoisotopic (exact) mass is 220 g/mol. The number of amides is 3. The smallest absolute Gasteiger partial charge is 0.290 e. The molecule has 0 saturated heterocycles. The van der Waals surface area contributed by atoms with Gasteiger partial charge in [-0.05, 0) is 11.5 Å². The molecule has 6 nitrogen and oxygen atoms in total. The van der Waals surface area contributed by atoms with Gasteiger partial charge in [0.25, 0.3) is 0 Å². The zero-order chi connectivity index (χ0) is 9.68. The first-order valence-electron chi connectivity index (χ1n) is 3.16. The Labute approximate surface area is 82.4 Å². The fourth-order valence-corrected chi connectivity index (χ4v) is 0.982. The number of carbonyl (C=O) groups is 2. The normalized spacial score (nSPS) is 9.31. The summed E-state index contributed by atoms with van der Waals surface area (Å²) in [5.74, 6) is -0.532. The van der Waals surface area contributed by atoms with Gasteiger partial charge >= 0.3 is 6.03 Å². The van der Waals surface area contributed by atoms with Crippen molar-refractivity contribution in [2.45, 2.75) is 0 Å². The number of anilines is 1. The summed E-state index contributed by atoms with van der Waals surface area (Å²) in [6.45, 7) is 0. The predicted octanol–water partition coefficient (Wildman–Crippen LogP) is 0.425. The van der Waals surface area contributed by atoms with Crippen molar-refractivity contribution >= 4 is 40.9 Å². The van der Waals surface area contributed by atoms with Crippen molar-refractivity contribution in [2.75, 3.05) is 11.2 Å². The van der Waals surface area contributed by atoms with E-state index in [1.807, 2.05) is 5.32 Å². The van der Waals surface area contributed by atoms with Gasteiger partial charge in [0.15, 0.2) is 5.82 Å². The van der Waals surface area contributed by atoms with Crippen LogP contribution in [0.5, 0.6) is 0 Å². The Kier molecular flexibility index (Phi) is 3.59. The first-order valence-corrected chi connectivity index (χ1v) is 4.53. The summed E-state index contributed by atoms with van der Waals surface area (Å²) in [4.78, 5) is 21.5. The van der Waals surface area contributed by atoms with E-state index in [4.69, 9.17) is 11.6 Å². The van der Waals surface area contributed by atoms with Crippen molar-refractivity contribution in [1.29, 1.82) is 0 Å². The van der Waals surface area contributed by atoms with Crippen LogP contribution in [0, 0.1) is 0 Å². The molecule has 13 heavy (non-hydrogen) atoms. The summed E-state index contributed by atoms with van der Waals surface area (Å²) < 4.78 is 3.51. The zero-order valence-corrected chi connectivity index (χ0v) is 7.85. The number of aromatic nitrogens is 2. The highest BCUT2D eigenvalue weighted by atomic mass is 35.5. The van der Waals surface area contributed by atoms with Crippen molar-refractivity contribution < 1.29 is 9.59 Å². The predicted molar refractivity (Wildman–Crippen MR) is 47.8 cm³/mol. The molecule has 0 spiro atoms. The number of imide groups is 1. The van der Waals surface area contributed by atoms with Crippen LogP contribution in [0.25, 0.3) is 0 Å². The lowest BCUT2D eigenvalue weighted by molar-refractivity contribution is -0.117. The molecule has 0 aliphatic heterocycles. The van der Waals surface area contributed by atoms with Gasteiger partial charge in [0.05, 0.1) is 5.38 Å². The lowest BCUT2D eigenvalue weighted by atomic mass is 10.7. The maximum Gasteiger partial charge on any atom is 0.327 e. The molecule has 0 fully saturated rings. The van der Waals surface area contributed by atoms with Crippen molar-refractivity contribution in [1.82, 2.24) is 14.9 Å². The van der Waals surface area contributed by atoms with Crippen molar-refractivity contribution in [3.05, 3.63) is 5.38 Å². The maximum atomic E-state index is 10.9. The number of alkyl halides is 1. The van der Waals surface area contributed by atoms with E-state index < -0.39 is 11.9 Å². The molecular weight excluding hydrogens is 216 g/mol. The number of rotatable bonds is 2. The SMILES string of the molecule is O=C(CCl)NC(=O)Nc1csnn1. The minimum Gasteiger partial charge on any atom is -0.290 e. The van der Waals surface area contributed by atoms with Gasteiger partial charge in [0.2, 0.25) is 5.91 Å². The number of hydrogen-bond donors (Lipinski definition) is 2. The number of hydrogen-bond acceptors (Lipinski definition) is 5. The Balaban J connectivity index is 2.38. The fourth-order valence-electron chi connectivity index (χ4n) is 0.527. The number of carbonyl (C=O) groups excluding carboxylic acids is 2. The van der Waals surface area contributed by atoms with Crippen molar-refractivity contribution in [2.24, 2.45) is 0 Å². The van der Waals surface area contributed by atoms with Crippen LogP contribution in [-0.4, -0.2) is 27.4 Å². The van der Waals surface area contributed by atoms with Crippen LogP contribution in [-0.2, 0) is 4.79 Å². The van der Waals surface area contributed by atoms with Gasteiger partial charge in [-0.1, -0.05) is 4.49 Å². The summed E-state index contributed by atoms with van der Waals surface area (Å²) in [6, 6.07) is -0.668. The quantitative estimate of drug-likeness (QED) is 0.708. The second kappa shape index (κ2) is 4.73. The molecule has 0 bridgehead atoms. The Morgan fingerprint density at radius 3 is 2.92 bits per heavy atom. The third-order valence-electron chi connectivity index (χ3n) is 0.976. The average Bonchev–Trinajstić information content (AvgIpc) is 2.56. The lowest BCUT2D eigenvalue weighted by Gasteiger charge is -2.00. The number of nitrogens with zero attached hydrogens (tertiary/aromatic N) is 2. The topological polar surface area (TPSA) is 84.0 Å². The van der Waals surface area contributed by atoms with E-state index in [2.05, 4.69) is 14.9 Å². The number of nitrogens with one attached hydrogen (secondary N) is 2. The molecule has 0 radical (unpaired) electrons. The van der Waals surface area contributed by atoms with E-state index in [9.17, 15) is 9.59 Å². The Morgan fingerprint density at radius 2 is 2.38 bits per heavy atom. The van der Waals surface area contributed by atoms with Crippen molar-refractivity contribution in [3.8, 4) is 0 Å². The third kappa shape index (κ3) is 3.34. The lowest BCUT2D eigenvalue weighted by Crippen LogP contribution is -2.35. The molecule has 8 heteroatoms. The summed E-state index contributed by atoms with van der Waals surface area (Å²) in [6.07, 6.45) is 0. The minimum absolute atomic E-state index is 0.261. The molecule has 0 saturated carbocycles. The molecule has 0 aliphatic carbocycles. The van der Waals surface area contributed by atoms with Crippen molar-refractivity contribution in [3.63, 3.8) is 0 Å². The molecular formula is C5H5ClN4O2S. The molecule has 0 unspecified atom stereocenters. The first-order chi connectivity index (χ1) is 6.22. The standard InChI is InChI=1S/C5H5ClN4O2S/c6-1-4(11)8-5(12)7-3-2-13-10-9-3/h2H,1H2,(H2,7,8,11,12). The van der Waals surface area contributed by atoms with E-state index in [1.165, 1.54) is 5.38 Å². The highest BCUT2D eigenvalue weighted by Crippen LogP contribution is 2.02. The second-order valence-electron chi connectivity index (χ2n) is 1.93. The maximum absolute atomic E-state index is 10.9. The van der Waals surface area contributed by atoms with Gasteiger partial charge < -0.3 is 0 Å². The summed E-state index contributed by atoms with van der Waals surface area (Å²) >= 11 is 6.25. The van der Waals surface area contributed by atoms with E-state index in [0.29, 0.717) is 5.82 Å². The second-order valence-corrected chi connectivity index (χ2v) is 2.80. The minimum atomic E-state index is -0.668. The van der Waals surface area contributed by atoms with E-state index in [1.54, 1.807) is 0 Å². The van der Waals surface area contributed by atoms with Gasteiger partial charge in [-0.3, -0.25) is 15.4 Å². The third-order valence-corrected chi connectivity index (χ3v) is 1.72. The molecule has 0 aliphatic rings. The van der Waals surface area contributed by atoms with E-state index in [-0.39, 0.29) is 5.88 Å². The Morgan fingerprint density at radius 1 is 1.62 bits per heavy atom. The Hall–Kier alpha value is -1.21. The zero-order valence-electron chi connectivity index (χ0n) is 6.28. The van der Waals surface area contributed by atoms with Crippen LogP contribution in [0.15, 0.2) is 5.38 Å². The van der Waals surface area contributed by atoms with Crippen LogP contribution in [0.4, 0.5) is 10.6 Å². The molecule has 0 aromatic carbocycles. The molecule has 1 heterocycles. The van der Waals surface area contributed by atoms with E-state index in [0.717, 1.165) is 11.5 Å². The largest absolute Gasteiger partial charge is 0.327 e. The Bertz CT molecular complexity index is 301. The highest BCUT2D eigenvalue weighted by molar-refractivity contribution is 7.03. The summed E-state index contributed by atoms with van der Waals surface area (Å²) in [5, 5.41) is 9.35. The van der Waals surface area contributed by atoms with Gasteiger partial charge in [0.1, 0.15) is 5.88 Å². The summed E-state index contributed by atoms with van der Waals surface area (Å²) in [5.41, 5.74) is 0. The first kappa shape index (κ1) is 9.87. The fraction of sp³-hybridized carbons (Fsp3) is 0.200. The van der Waals surface area contributed by atoms with Gasteiger partial charge in [-0.25, -0.2) is 4.79 Å². The molecule has 1 aromatic rings. The van der Waals surface area contributed by atoms with Gasteiger partial charge in [-0.15, -0.1) is 16.7 Å². The number of urea groups is 1. The average molecular weight is 221 g/mol. The molecule has 0 atom stereocenters. The van der Waals surface area contributed by atoms with Crippen LogP contribution in [0.1, 0.15) is 0 Å². The molecule has 2 N–H and O–H groups in total. The highest BCUT2D eigenvalue weighted by Gasteiger charge is 2.06. The molecule has 3 amide bonds. The summed E-state index contributed by atoms with van der Waals surface area (Å²) in [7, 11) is 0. The van der Waals surface area contributed by atoms with Crippen LogP contribution >= 0.6 is 23.1 Å².